The molecule has 0 aliphatic heterocycles. The van der Waals surface area contributed by atoms with Crippen molar-refractivity contribution < 1.29 is 13.6 Å². The summed E-state index contributed by atoms with van der Waals surface area (Å²) in [7, 11) is -3.58. The van der Waals surface area contributed by atoms with Gasteiger partial charge in [0.2, 0.25) is 0 Å². The molecule has 5 heteroatoms. The lowest BCUT2D eigenvalue weighted by Gasteiger charge is -2.45. The number of ether oxygens (including phenoxy) is 1. The largest absolute Gasteiger partial charge is 0.490 e. The van der Waals surface area contributed by atoms with E-state index in [1.54, 1.807) is 6.26 Å². The Balaban J connectivity index is 2.92. The molecule has 0 heterocycles. The van der Waals surface area contributed by atoms with Crippen molar-refractivity contribution in [1.82, 2.24) is 0 Å². The van der Waals surface area contributed by atoms with Gasteiger partial charge in [0.15, 0.2) is 16.6 Å². The predicted molar refractivity (Wildman–Crippen MR) is 121 cm³/mol. The smallest absolute Gasteiger partial charge is 0.192 e. The first-order valence-corrected chi connectivity index (χ1v) is 16.2. The van der Waals surface area contributed by atoms with Crippen LogP contribution >= 0.6 is 0 Å². The van der Waals surface area contributed by atoms with Crippen LogP contribution in [-0.2, 0) is 13.6 Å². The highest BCUT2D eigenvalue weighted by atomic mass is 28.4. The van der Waals surface area contributed by atoms with Crippen molar-refractivity contribution in [3.8, 4) is 0 Å². The second-order valence-electron chi connectivity index (χ2n) is 11.1. The maximum Gasteiger partial charge on any atom is 0.192 e. The van der Waals surface area contributed by atoms with Gasteiger partial charge in [-0.05, 0) is 55.5 Å². The van der Waals surface area contributed by atoms with Gasteiger partial charge < -0.3 is 13.6 Å². The van der Waals surface area contributed by atoms with Crippen molar-refractivity contribution in [2.24, 2.45) is 5.92 Å². The Morgan fingerprint density at radius 2 is 1.52 bits per heavy atom. The minimum atomic E-state index is -1.81. The zero-order valence-corrected chi connectivity index (χ0v) is 21.6. The molecule has 0 aromatic rings. The summed E-state index contributed by atoms with van der Waals surface area (Å²) < 4.78 is 19.3. The average Bonchev–Trinajstić information content (AvgIpc) is 2.50. The molecule has 1 aliphatic carbocycles. The number of rotatable bonds is 7. The summed E-state index contributed by atoms with van der Waals surface area (Å²) in [5.41, 5.74) is 2.73. The first kappa shape index (κ1) is 24.7. The molecular formula is C22H44O3Si2. The standard InChI is InChI=1S/C22H44O3Si2/c1-12-15-23-19-13-14-20(25-27(10,11)22(5,6)7)18(16-19)17-24-26(8,9)21(2,3)4/h15,18-20H,1,13-14,16-17H2,2-11H3/t18-,19-,20+/m1/s1. The summed E-state index contributed by atoms with van der Waals surface area (Å²) in [6, 6.07) is 0. The molecular weight excluding hydrogens is 368 g/mol. The first-order chi connectivity index (χ1) is 12.1. The third kappa shape index (κ3) is 6.90. The van der Waals surface area contributed by atoms with Gasteiger partial charge in [-0.3, -0.25) is 0 Å². The van der Waals surface area contributed by atoms with Gasteiger partial charge in [0, 0.05) is 12.5 Å². The summed E-state index contributed by atoms with van der Waals surface area (Å²) in [5.74, 6) is 0.380. The van der Waals surface area contributed by atoms with Crippen LogP contribution in [0.3, 0.4) is 0 Å². The van der Waals surface area contributed by atoms with Crippen LogP contribution in [0.5, 0.6) is 0 Å². The summed E-state index contributed by atoms with van der Waals surface area (Å²) >= 11 is 0. The van der Waals surface area contributed by atoms with E-state index in [4.69, 9.17) is 13.6 Å². The maximum atomic E-state index is 6.84. The minimum absolute atomic E-state index is 0.214. The van der Waals surface area contributed by atoms with Crippen LogP contribution in [0, 0.1) is 5.92 Å². The normalized spacial score (nSPS) is 25.0. The molecule has 1 saturated carbocycles. The molecule has 3 atom stereocenters. The van der Waals surface area contributed by atoms with Gasteiger partial charge in [-0.1, -0.05) is 53.9 Å². The molecule has 0 spiro atoms. The summed E-state index contributed by atoms with van der Waals surface area (Å²) in [6.07, 6.45) is 5.12. The monoisotopic (exact) mass is 412 g/mol. The molecule has 158 valence electrons. The molecule has 0 bridgehead atoms. The van der Waals surface area contributed by atoms with Crippen LogP contribution < -0.4 is 0 Å². The molecule has 0 aromatic carbocycles. The van der Waals surface area contributed by atoms with Crippen molar-refractivity contribution in [2.75, 3.05) is 6.61 Å². The second-order valence-corrected chi connectivity index (χ2v) is 20.7. The van der Waals surface area contributed by atoms with Crippen molar-refractivity contribution in [3.05, 3.63) is 18.6 Å². The fourth-order valence-electron chi connectivity index (χ4n) is 2.88. The van der Waals surface area contributed by atoms with Crippen molar-refractivity contribution in [1.29, 1.82) is 0 Å². The lowest BCUT2D eigenvalue weighted by Crippen LogP contribution is -2.50. The van der Waals surface area contributed by atoms with Gasteiger partial charge in [-0.15, -0.1) is 0 Å². The highest BCUT2D eigenvalue weighted by Crippen LogP contribution is 2.42. The molecule has 1 fully saturated rings. The third-order valence-electron chi connectivity index (χ3n) is 6.93. The van der Waals surface area contributed by atoms with Gasteiger partial charge in [0.1, 0.15) is 6.26 Å². The van der Waals surface area contributed by atoms with Crippen LogP contribution in [-0.4, -0.2) is 35.4 Å². The van der Waals surface area contributed by atoms with E-state index in [1.807, 2.05) is 0 Å². The quantitative estimate of drug-likeness (QED) is 0.259. The van der Waals surface area contributed by atoms with Gasteiger partial charge in [0.05, 0.1) is 12.2 Å². The summed E-state index contributed by atoms with van der Waals surface area (Å²) in [5, 5.41) is 0.440. The number of hydrogen-bond donors (Lipinski definition) is 0. The van der Waals surface area contributed by atoms with Crippen molar-refractivity contribution in [3.63, 3.8) is 0 Å². The molecule has 0 N–H and O–H groups in total. The van der Waals surface area contributed by atoms with Gasteiger partial charge >= 0.3 is 0 Å². The summed E-state index contributed by atoms with van der Waals surface area (Å²) in [6.45, 7) is 27.5. The van der Waals surface area contributed by atoms with Crippen LogP contribution in [0.1, 0.15) is 60.8 Å². The van der Waals surface area contributed by atoms with E-state index in [2.05, 4.69) is 80.0 Å². The average molecular weight is 413 g/mol. The molecule has 0 unspecified atom stereocenters. The zero-order chi connectivity index (χ0) is 21.1. The second kappa shape index (κ2) is 9.00. The fraction of sp³-hybridized carbons (Fsp3) is 0.864. The highest BCUT2D eigenvalue weighted by molar-refractivity contribution is 6.74. The Morgan fingerprint density at radius 1 is 0.963 bits per heavy atom. The molecule has 1 rings (SSSR count). The summed E-state index contributed by atoms with van der Waals surface area (Å²) in [4.78, 5) is 0. The number of hydrogen-bond acceptors (Lipinski definition) is 3. The Kier molecular flexibility index (Phi) is 8.24. The SMILES string of the molecule is C=C=CO[C@@H]1CC[C@H](O[Si](C)(C)C(C)(C)C)[C@@H](CO[Si](C)(C)C(C)(C)C)C1. The molecule has 0 amide bonds. The molecule has 0 saturated heterocycles. The van der Waals surface area contributed by atoms with E-state index >= 15 is 0 Å². The first-order valence-electron chi connectivity index (χ1n) is 10.4. The molecule has 3 nitrogen and oxygen atoms in total. The van der Waals surface area contributed by atoms with Gasteiger partial charge in [-0.2, -0.15) is 0 Å². The topological polar surface area (TPSA) is 27.7 Å². The van der Waals surface area contributed by atoms with Gasteiger partial charge in [-0.25, -0.2) is 0 Å². The van der Waals surface area contributed by atoms with Crippen molar-refractivity contribution >= 4 is 16.6 Å². The maximum absolute atomic E-state index is 6.84. The van der Waals surface area contributed by atoms with Crippen LogP contribution in [0.15, 0.2) is 18.6 Å². The third-order valence-corrected chi connectivity index (χ3v) is 15.9. The predicted octanol–water partition coefficient (Wildman–Crippen LogP) is 6.88. The van der Waals surface area contributed by atoms with E-state index < -0.39 is 16.6 Å². The van der Waals surface area contributed by atoms with E-state index in [-0.39, 0.29) is 22.3 Å². The lowest BCUT2D eigenvalue weighted by molar-refractivity contribution is -0.0116. The Hall–Kier alpha value is -0.326. The minimum Gasteiger partial charge on any atom is -0.490 e. The van der Waals surface area contributed by atoms with E-state index in [9.17, 15) is 0 Å². The Labute approximate surface area is 170 Å². The zero-order valence-electron chi connectivity index (χ0n) is 19.6. The van der Waals surface area contributed by atoms with E-state index in [0.29, 0.717) is 5.92 Å². The molecule has 0 radical (unpaired) electrons. The van der Waals surface area contributed by atoms with Crippen LogP contribution in [0.25, 0.3) is 0 Å². The van der Waals surface area contributed by atoms with Crippen LogP contribution in [0.2, 0.25) is 36.3 Å². The Morgan fingerprint density at radius 3 is 2.00 bits per heavy atom. The Bertz CT molecular complexity index is 523. The lowest BCUT2D eigenvalue weighted by atomic mass is 9.85. The highest BCUT2D eigenvalue weighted by Gasteiger charge is 2.44. The molecule has 1 aliphatic rings. The van der Waals surface area contributed by atoms with E-state index in [1.165, 1.54) is 0 Å². The van der Waals surface area contributed by atoms with E-state index in [0.717, 1.165) is 25.9 Å². The van der Waals surface area contributed by atoms with Crippen LogP contribution in [0.4, 0.5) is 0 Å². The van der Waals surface area contributed by atoms with Crippen molar-refractivity contribution in [2.45, 2.75) is 109 Å². The molecule has 0 aromatic heterocycles. The fourth-order valence-corrected chi connectivity index (χ4v) is 5.36. The molecule has 27 heavy (non-hydrogen) atoms. The van der Waals surface area contributed by atoms with Gasteiger partial charge in [0.25, 0.3) is 0 Å².